The van der Waals surface area contributed by atoms with Gasteiger partial charge in [0.05, 0.1) is 0 Å². The Hall–Kier alpha value is -2.24. The molecule has 2 rings (SSSR count). The van der Waals surface area contributed by atoms with Crippen molar-refractivity contribution in [3.8, 4) is 11.4 Å². The molecule has 0 N–H and O–H groups in total. The third kappa shape index (κ3) is 3.87. The summed E-state index contributed by atoms with van der Waals surface area (Å²) in [5.74, 6) is 0.573. The molecule has 2 aromatic rings. The number of hydrogen-bond acceptors (Lipinski definition) is 4. The highest BCUT2D eigenvalue weighted by atomic mass is 19.1. The van der Waals surface area contributed by atoms with Crippen LogP contribution >= 0.6 is 0 Å². The first-order valence-corrected chi connectivity index (χ1v) is 7.00. The zero-order valence-corrected chi connectivity index (χ0v) is 12.2. The monoisotopic (exact) mass is 291 g/mol. The summed E-state index contributed by atoms with van der Waals surface area (Å²) >= 11 is 0. The summed E-state index contributed by atoms with van der Waals surface area (Å²) in [7, 11) is 0. The number of rotatable bonds is 6. The van der Waals surface area contributed by atoms with E-state index in [0.717, 1.165) is 0 Å². The molecule has 0 radical (unpaired) electrons. The Kier molecular flexibility index (Phi) is 5.03. The molecule has 1 heterocycles. The molecule has 21 heavy (non-hydrogen) atoms. The zero-order chi connectivity index (χ0) is 15.2. The number of amides is 1. The Morgan fingerprint density at radius 3 is 2.52 bits per heavy atom. The fourth-order valence-electron chi connectivity index (χ4n) is 2.02. The highest BCUT2D eigenvalue weighted by Crippen LogP contribution is 2.16. The van der Waals surface area contributed by atoms with Crippen LogP contribution in [0.4, 0.5) is 4.39 Å². The first kappa shape index (κ1) is 15.2. The van der Waals surface area contributed by atoms with Gasteiger partial charge in [-0.15, -0.1) is 0 Å². The van der Waals surface area contributed by atoms with Gasteiger partial charge in [-0.1, -0.05) is 5.16 Å². The quantitative estimate of drug-likeness (QED) is 0.821. The topological polar surface area (TPSA) is 59.2 Å². The molecule has 0 spiro atoms. The predicted molar refractivity (Wildman–Crippen MR) is 75.9 cm³/mol. The van der Waals surface area contributed by atoms with Crippen molar-refractivity contribution in [1.29, 1.82) is 0 Å². The van der Waals surface area contributed by atoms with Crippen LogP contribution in [0.5, 0.6) is 0 Å². The fourth-order valence-corrected chi connectivity index (χ4v) is 2.02. The molecule has 0 fully saturated rings. The van der Waals surface area contributed by atoms with Crippen LogP contribution < -0.4 is 0 Å². The number of benzene rings is 1. The van der Waals surface area contributed by atoms with Gasteiger partial charge in [0.2, 0.25) is 17.6 Å². The summed E-state index contributed by atoms with van der Waals surface area (Å²) in [5.41, 5.74) is 0.682. The van der Waals surface area contributed by atoms with Crippen LogP contribution in [0.3, 0.4) is 0 Å². The van der Waals surface area contributed by atoms with Crippen molar-refractivity contribution in [2.24, 2.45) is 0 Å². The smallest absolute Gasteiger partial charge is 0.227 e. The van der Waals surface area contributed by atoms with Crippen LogP contribution in [-0.2, 0) is 11.2 Å². The highest BCUT2D eigenvalue weighted by molar-refractivity contribution is 5.76. The Bertz CT molecular complexity index is 591. The molecule has 6 heteroatoms. The fraction of sp³-hybridized carbons (Fsp3) is 0.400. The molecule has 0 saturated carbocycles. The van der Waals surface area contributed by atoms with Crippen LogP contribution in [0.15, 0.2) is 28.8 Å². The van der Waals surface area contributed by atoms with Crippen LogP contribution in [0.25, 0.3) is 11.4 Å². The normalized spacial score (nSPS) is 10.6. The van der Waals surface area contributed by atoms with E-state index < -0.39 is 0 Å². The predicted octanol–water partition coefficient (Wildman–Crippen LogP) is 2.68. The van der Waals surface area contributed by atoms with Gasteiger partial charge in [0.15, 0.2) is 0 Å². The number of carbonyl (C=O) groups excluding carboxylic acids is 1. The van der Waals surface area contributed by atoms with E-state index in [-0.39, 0.29) is 11.7 Å². The molecule has 0 saturated heterocycles. The van der Waals surface area contributed by atoms with Crippen LogP contribution in [0, 0.1) is 5.82 Å². The lowest BCUT2D eigenvalue weighted by Crippen LogP contribution is -2.30. The van der Waals surface area contributed by atoms with Gasteiger partial charge >= 0.3 is 0 Å². The lowest BCUT2D eigenvalue weighted by Gasteiger charge is -2.17. The van der Waals surface area contributed by atoms with E-state index in [1.54, 1.807) is 17.0 Å². The average Bonchev–Trinajstić information content (AvgIpc) is 2.96. The van der Waals surface area contributed by atoms with E-state index in [1.165, 1.54) is 12.1 Å². The Morgan fingerprint density at radius 1 is 1.24 bits per heavy atom. The van der Waals surface area contributed by atoms with Gasteiger partial charge in [-0.3, -0.25) is 4.79 Å². The SMILES string of the molecule is CCN(CC)C(=O)CCc1nc(-c2ccc(F)cc2)no1. The minimum absolute atomic E-state index is 0.0709. The third-order valence-corrected chi connectivity index (χ3v) is 3.24. The van der Waals surface area contributed by atoms with Gasteiger partial charge < -0.3 is 9.42 Å². The molecule has 112 valence electrons. The molecule has 1 aromatic carbocycles. The van der Waals surface area contributed by atoms with Gasteiger partial charge in [-0.05, 0) is 38.1 Å². The number of halogens is 1. The largest absolute Gasteiger partial charge is 0.343 e. The number of hydrogen-bond donors (Lipinski definition) is 0. The summed E-state index contributed by atoms with van der Waals surface area (Å²) in [4.78, 5) is 17.9. The third-order valence-electron chi connectivity index (χ3n) is 3.24. The Balaban J connectivity index is 1.97. The molecule has 0 aliphatic carbocycles. The molecule has 0 aliphatic heterocycles. The standard InChI is InChI=1S/C15H18FN3O2/c1-3-19(4-2)14(20)10-9-13-17-15(18-21-13)11-5-7-12(16)8-6-11/h5-8H,3-4,9-10H2,1-2H3. The van der Waals surface area contributed by atoms with E-state index in [2.05, 4.69) is 10.1 Å². The average molecular weight is 291 g/mol. The van der Waals surface area contributed by atoms with Crippen molar-refractivity contribution >= 4 is 5.91 Å². The van der Waals surface area contributed by atoms with Crippen LogP contribution in [0.1, 0.15) is 26.2 Å². The summed E-state index contributed by atoms with van der Waals surface area (Å²) in [6, 6.07) is 5.86. The minimum atomic E-state index is -0.313. The molecule has 1 aromatic heterocycles. The van der Waals surface area contributed by atoms with Crippen molar-refractivity contribution in [1.82, 2.24) is 15.0 Å². The molecule has 0 unspecified atom stereocenters. The van der Waals surface area contributed by atoms with Crippen LogP contribution in [0.2, 0.25) is 0 Å². The lowest BCUT2D eigenvalue weighted by atomic mass is 10.2. The molecule has 0 bridgehead atoms. The summed E-state index contributed by atoms with van der Waals surface area (Å²) < 4.78 is 18.0. The van der Waals surface area contributed by atoms with E-state index in [1.807, 2.05) is 13.8 Å². The van der Waals surface area contributed by atoms with Crippen molar-refractivity contribution in [3.63, 3.8) is 0 Å². The molecule has 5 nitrogen and oxygen atoms in total. The summed E-state index contributed by atoms with van der Waals surface area (Å²) in [5, 5.41) is 3.85. The van der Waals surface area contributed by atoms with Crippen molar-refractivity contribution in [3.05, 3.63) is 36.0 Å². The van der Waals surface area contributed by atoms with Gasteiger partial charge in [0.25, 0.3) is 0 Å². The first-order chi connectivity index (χ1) is 10.1. The van der Waals surface area contributed by atoms with Crippen molar-refractivity contribution in [2.45, 2.75) is 26.7 Å². The van der Waals surface area contributed by atoms with Crippen molar-refractivity contribution < 1.29 is 13.7 Å². The maximum Gasteiger partial charge on any atom is 0.227 e. The molecular formula is C15H18FN3O2. The number of carbonyl (C=O) groups is 1. The molecular weight excluding hydrogens is 273 g/mol. The van der Waals surface area contributed by atoms with Gasteiger partial charge in [0, 0.05) is 31.5 Å². The minimum Gasteiger partial charge on any atom is -0.343 e. The first-order valence-electron chi connectivity index (χ1n) is 7.00. The molecule has 1 amide bonds. The second kappa shape index (κ2) is 6.97. The van der Waals surface area contributed by atoms with Gasteiger partial charge in [-0.2, -0.15) is 4.98 Å². The molecule has 0 atom stereocenters. The van der Waals surface area contributed by atoms with Gasteiger partial charge in [-0.25, -0.2) is 4.39 Å². The van der Waals surface area contributed by atoms with E-state index in [4.69, 9.17) is 4.52 Å². The number of nitrogens with zero attached hydrogens (tertiary/aromatic N) is 3. The van der Waals surface area contributed by atoms with Crippen molar-refractivity contribution in [2.75, 3.05) is 13.1 Å². The zero-order valence-electron chi connectivity index (χ0n) is 12.2. The van der Waals surface area contributed by atoms with E-state index in [0.29, 0.717) is 43.2 Å². The second-order valence-corrected chi connectivity index (χ2v) is 4.58. The second-order valence-electron chi connectivity index (χ2n) is 4.58. The number of aryl methyl sites for hydroxylation is 1. The maximum absolute atomic E-state index is 12.9. The van der Waals surface area contributed by atoms with E-state index >= 15 is 0 Å². The van der Waals surface area contributed by atoms with Crippen LogP contribution in [-0.4, -0.2) is 34.0 Å². The lowest BCUT2D eigenvalue weighted by molar-refractivity contribution is -0.130. The van der Waals surface area contributed by atoms with Gasteiger partial charge in [0.1, 0.15) is 5.82 Å². The summed E-state index contributed by atoms with van der Waals surface area (Å²) in [6.45, 7) is 5.28. The highest BCUT2D eigenvalue weighted by Gasteiger charge is 2.13. The summed E-state index contributed by atoms with van der Waals surface area (Å²) in [6.07, 6.45) is 0.746. The Morgan fingerprint density at radius 2 is 1.90 bits per heavy atom. The molecule has 0 aliphatic rings. The number of aromatic nitrogens is 2. The Labute approximate surface area is 122 Å². The maximum atomic E-state index is 12.9. The van der Waals surface area contributed by atoms with E-state index in [9.17, 15) is 9.18 Å².